The minimum atomic E-state index is -0.394. The fraction of sp³-hybridized carbons (Fsp3) is 0.111. The van der Waals surface area contributed by atoms with Crippen LogP contribution in [0.3, 0.4) is 0 Å². The zero-order chi connectivity index (χ0) is 11.0. The molecule has 0 unspecified atom stereocenters. The van der Waals surface area contributed by atoms with Gasteiger partial charge in [0.25, 0.3) is 0 Å². The molecule has 0 aliphatic carbocycles. The minimum Gasteiger partial charge on any atom is -0.381 e. The molecular weight excluding hydrogens is 219 g/mol. The lowest BCUT2D eigenvalue weighted by Crippen LogP contribution is -2.00. The van der Waals surface area contributed by atoms with Gasteiger partial charge in [0.2, 0.25) is 0 Å². The van der Waals surface area contributed by atoms with Gasteiger partial charge in [-0.3, -0.25) is 0 Å². The largest absolute Gasteiger partial charge is 0.381 e. The average molecular weight is 227 g/mol. The van der Waals surface area contributed by atoms with Crippen LogP contribution in [0.4, 0.5) is 10.2 Å². The van der Waals surface area contributed by atoms with Crippen LogP contribution in [0, 0.1) is 12.7 Å². The second-order valence-electron chi connectivity index (χ2n) is 3.07. The number of nitrogens with two attached hydrogens (primary N) is 1. The summed E-state index contributed by atoms with van der Waals surface area (Å²) in [5, 5.41) is 7.77. The summed E-state index contributed by atoms with van der Waals surface area (Å²) in [6.07, 6.45) is 0. The Bertz CT molecular complexity index is 509. The van der Waals surface area contributed by atoms with Gasteiger partial charge in [-0.2, -0.15) is 0 Å². The van der Waals surface area contributed by atoms with E-state index in [0.717, 1.165) is 0 Å². The van der Waals surface area contributed by atoms with Crippen molar-refractivity contribution in [1.29, 1.82) is 0 Å². The van der Waals surface area contributed by atoms with Crippen molar-refractivity contribution in [1.82, 2.24) is 15.0 Å². The van der Waals surface area contributed by atoms with E-state index >= 15 is 0 Å². The highest BCUT2D eigenvalue weighted by Gasteiger charge is 2.10. The van der Waals surface area contributed by atoms with Gasteiger partial charge in [0.05, 0.1) is 16.4 Å². The topological polar surface area (TPSA) is 56.7 Å². The molecule has 0 aliphatic heterocycles. The molecule has 0 spiro atoms. The van der Waals surface area contributed by atoms with Crippen molar-refractivity contribution in [3.63, 3.8) is 0 Å². The Morgan fingerprint density at radius 3 is 2.73 bits per heavy atom. The summed E-state index contributed by atoms with van der Waals surface area (Å²) in [6.45, 7) is 1.76. The van der Waals surface area contributed by atoms with Crippen LogP contribution in [0.2, 0.25) is 5.02 Å². The Labute approximate surface area is 90.5 Å². The number of halogens is 2. The number of nitrogens with zero attached hydrogens (tertiary/aromatic N) is 3. The van der Waals surface area contributed by atoms with Gasteiger partial charge < -0.3 is 5.73 Å². The Morgan fingerprint density at radius 1 is 1.47 bits per heavy atom. The van der Waals surface area contributed by atoms with Gasteiger partial charge in [0, 0.05) is 0 Å². The molecule has 6 heteroatoms. The molecule has 0 bridgehead atoms. The van der Waals surface area contributed by atoms with E-state index in [1.54, 1.807) is 6.92 Å². The molecule has 1 aromatic carbocycles. The minimum absolute atomic E-state index is 0.267. The molecule has 2 rings (SSSR count). The maximum absolute atomic E-state index is 12.8. The second-order valence-corrected chi connectivity index (χ2v) is 3.47. The SMILES string of the molecule is Cc1c(N)nnn1-c1ccc(F)cc1Cl. The molecule has 0 amide bonds. The van der Waals surface area contributed by atoms with E-state index in [2.05, 4.69) is 10.3 Å². The Kier molecular flexibility index (Phi) is 2.32. The number of hydrogen-bond donors (Lipinski definition) is 1. The molecule has 4 nitrogen and oxygen atoms in total. The van der Waals surface area contributed by atoms with Crippen molar-refractivity contribution in [2.75, 3.05) is 5.73 Å². The van der Waals surface area contributed by atoms with Gasteiger partial charge >= 0.3 is 0 Å². The molecule has 2 aromatic rings. The van der Waals surface area contributed by atoms with Crippen LogP contribution < -0.4 is 5.73 Å². The maximum atomic E-state index is 12.8. The quantitative estimate of drug-likeness (QED) is 0.809. The predicted molar refractivity (Wildman–Crippen MR) is 55.5 cm³/mol. The highest BCUT2D eigenvalue weighted by atomic mass is 35.5. The van der Waals surface area contributed by atoms with E-state index in [-0.39, 0.29) is 5.02 Å². The molecule has 0 saturated carbocycles. The third kappa shape index (κ3) is 1.66. The molecule has 0 radical (unpaired) electrons. The van der Waals surface area contributed by atoms with Gasteiger partial charge in [-0.15, -0.1) is 5.10 Å². The van der Waals surface area contributed by atoms with E-state index in [4.69, 9.17) is 17.3 Å². The zero-order valence-corrected chi connectivity index (χ0v) is 8.66. The highest BCUT2D eigenvalue weighted by Crippen LogP contribution is 2.22. The summed E-state index contributed by atoms with van der Waals surface area (Å²) in [7, 11) is 0. The first-order chi connectivity index (χ1) is 7.09. The normalized spacial score (nSPS) is 10.6. The van der Waals surface area contributed by atoms with Crippen molar-refractivity contribution < 1.29 is 4.39 Å². The highest BCUT2D eigenvalue weighted by molar-refractivity contribution is 6.32. The average Bonchev–Trinajstić information content (AvgIpc) is 2.49. The van der Waals surface area contributed by atoms with Crippen molar-refractivity contribution in [3.05, 3.63) is 34.7 Å². The molecule has 15 heavy (non-hydrogen) atoms. The van der Waals surface area contributed by atoms with E-state index in [9.17, 15) is 4.39 Å². The Morgan fingerprint density at radius 2 is 2.20 bits per heavy atom. The molecular formula is C9H8ClFN4. The van der Waals surface area contributed by atoms with Gasteiger partial charge in [-0.1, -0.05) is 16.8 Å². The van der Waals surface area contributed by atoms with Crippen LogP contribution in [0.5, 0.6) is 0 Å². The number of aromatic nitrogens is 3. The van der Waals surface area contributed by atoms with E-state index in [0.29, 0.717) is 17.2 Å². The molecule has 1 aromatic heterocycles. The molecule has 0 saturated heterocycles. The first kappa shape index (κ1) is 9.92. The second kappa shape index (κ2) is 3.51. The van der Waals surface area contributed by atoms with Gasteiger partial charge in [-0.05, 0) is 25.1 Å². The smallest absolute Gasteiger partial charge is 0.169 e. The standard InChI is InChI=1S/C9H8ClFN4/c1-5-9(12)13-14-15(5)8-3-2-6(11)4-7(8)10/h2-4H,12H2,1H3. The summed E-state index contributed by atoms with van der Waals surface area (Å²) in [6, 6.07) is 4.05. The third-order valence-corrected chi connectivity index (χ3v) is 2.37. The number of rotatable bonds is 1. The first-order valence-corrected chi connectivity index (χ1v) is 4.60. The zero-order valence-electron chi connectivity index (χ0n) is 7.91. The van der Waals surface area contributed by atoms with Gasteiger partial charge in [0.15, 0.2) is 5.82 Å². The maximum Gasteiger partial charge on any atom is 0.169 e. The molecule has 0 atom stereocenters. The van der Waals surface area contributed by atoms with Crippen LogP contribution >= 0.6 is 11.6 Å². The fourth-order valence-electron chi connectivity index (χ4n) is 1.22. The van der Waals surface area contributed by atoms with Crippen molar-refractivity contribution in [2.24, 2.45) is 0 Å². The van der Waals surface area contributed by atoms with E-state index in [1.807, 2.05) is 0 Å². The molecule has 1 heterocycles. The summed E-state index contributed by atoms with van der Waals surface area (Å²) in [4.78, 5) is 0. The lowest BCUT2D eigenvalue weighted by Gasteiger charge is -2.05. The van der Waals surface area contributed by atoms with Crippen molar-refractivity contribution in [2.45, 2.75) is 6.92 Å². The van der Waals surface area contributed by atoms with Crippen LogP contribution in [0.1, 0.15) is 5.69 Å². The molecule has 78 valence electrons. The number of benzene rings is 1. The fourth-order valence-corrected chi connectivity index (χ4v) is 1.47. The monoisotopic (exact) mass is 226 g/mol. The lowest BCUT2D eigenvalue weighted by molar-refractivity contribution is 0.626. The van der Waals surface area contributed by atoms with E-state index in [1.165, 1.54) is 22.9 Å². The van der Waals surface area contributed by atoms with Crippen LogP contribution in [0.15, 0.2) is 18.2 Å². The Balaban J connectivity index is 2.59. The van der Waals surface area contributed by atoms with E-state index < -0.39 is 5.82 Å². The van der Waals surface area contributed by atoms with Gasteiger partial charge in [-0.25, -0.2) is 9.07 Å². The summed E-state index contributed by atoms with van der Waals surface area (Å²) in [5.41, 5.74) is 6.77. The molecule has 0 aliphatic rings. The van der Waals surface area contributed by atoms with Crippen LogP contribution in [-0.2, 0) is 0 Å². The van der Waals surface area contributed by atoms with Crippen LogP contribution in [0.25, 0.3) is 5.69 Å². The lowest BCUT2D eigenvalue weighted by atomic mass is 10.3. The number of hydrogen-bond acceptors (Lipinski definition) is 3. The predicted octanol–water partition coefficient (Wildman–Crippen LogP) is 1.95. The third-order valence-electron chi connectivity index (χ3n) is 2.07. The summed E-state index contributed by atoms with van der Waals surface area (Å²) < 4.78 is 14.3. The number of anilines is 1. The summed E-state index contributed by atoms with van der Waals surface area (Å²) in [5.74, 6) is -0.0649. The molecule has 0 fully saturated rings. The summed E-state index contributed by atoms with van der Waals surface area (Å²) >= 11 is 5.88. The Hall–Kier alpha value is -1.62. The van der Waals surface area contributed by atoms with Crippen molar-refractivity contribution >= 4 is 17.4 Å². The number of nitrogen functional groups attached to an aromatic ring is 1. The first-order valence-electron chi connectivity index (χ1n) is 4.23. The van der Waals surface area contributed by atoms with Gasteiger partial charge in [0.1, 0.15) is 5.82 Å². The van der Waals surface area contributed by atoms with Crippen LogP contribution in [-0.4, -0.2) is 15.0 Å². The van der Waals surface area contributed by atoms with Crippen molar-refractivity contribution in [3.8, 4) is 5.69 Å². The molecule has 2 N–H and O–H groups in total.